The number of halogens is 1. The highest BCUT2D eigenvalue weighted by atomic mass is 35.5. The highest BCUT2D eigenvalue weighted by molar-refractivity contribution is 7.21. The molecule has 29 heavy (non-hydrogen) atoms. The van der Waals surface area contributed by atoms with Gasteiger partial charge in [0.1, 0.15) is 27.2 Å². The molecular weight excluding hydrogens is 414 g/mol. The van der Waals surface area contributed by atoms with Gasteiger partial charge in [-0.15, -0.1) is 11.3 Å². The molecule has 5 N–H and O–H groups in total. The summed E-state index contributed by atoms with van der Waals surface area (Å²) in [7, 11) is 1.65. The van der Waals surface area contributed by atoms with E-state index in [0.717, 1.165) is 11.3 Å². The number of nitrogens with one attached hydrogen (secondary N) is 1. The number of nitriles is 1. The second-order valence-electron chi connectivity index (χ2n) is 6.08. The molecule has 3 heterocycles. The zero-order chi connectivity index (χ0) is 20.7. The molecule has 0 radical (unpaired) electrons. The Morgan fingerprint density at radius 2 is 2.07 bits per heavy atom. The van der Waals surface area contributed by atoms with E-state index in [2.05, 4.69) is 21.6 Å². The van der Waals surface area contributed by atoms with Crippen LogP contribution in [0.5, 0.6) is 0 Å². The fourth-order valence-corrected chi connectivity index (χ4v) is 4.04. The first-order valence-electron chi connectivity index (χ1n) is 8.20. The van der Waals surface area contributed by atoms with Crippen LogP contribution in [-0.2, 0) is 7.05 Å². The average Bonchev–Trinajstić information content (AvgIpc) is 3.24. The minimum absolute atomic E-state index is 0.0559. The molecule has 0 unspecified atom stereocenters. The van der Waals surface area contributed by atoms with Crippen molar-refractivity contribution < 1.29 is 14.0 Å². The normalized spacial score (nSPS) is 10.8. The van der Waals surface area contributed by atoms with E-state index >= 15 is 0 Å². The summed E-state index contributed by atoms with van der Waals surface area (Å²) in [6.45, 7) is 0. The summed E-state index contributed by atoms with van der Waals surface area (Å²) in [5, 5.41) is 16.9. The van der Waals surface area contributed by atoms with Gasteiger partial charge in [-0.25, -0.2) is 4.98 Å². The standard InChI is InChI=1S/C18H12ClN7O2S/c1-26-7-11(28-25-26)23-17(27)15-14(21)13-12(8-2-4-9(19)5-3-8)10(6-20)16(22)24-18(13)29-15/h2-5,7H,1H3,(H4-,21,22,23,24,25,27)/p+1. The quantitative estimate of drug-likeness (QED) is 0.426. The molecule has 0 bridgehead atoms. The van der Waals surface area contributed by atoms with Gasteiger partial charge in [-0.05, 0) is 17.7 Å². The zero-order valence-corrected chi connectivity index (χ0v) is 16.5. The Labute approximate surface area is 173 Å². The van der Waals surface area contributed by atoms with Crippen molar-refractivity contribution in [1.82, 2.24) is 10.3 Å². The van der Waals surface area contributed by atoms with E-state index in [1.807, 2.05) is 0 Å². The van der Waals surface area contributed by atoms with Gasteiger partial charge in [0.25, 0.3) is 12.1 Å². The van der Waals surface area contributed by atoms with Gasteiger partial charge in [-0.3, -0.25) is 14.6 Å². The van der Waals surface area contributed by atoms with Crippen LogP contribution in [0.1, 0.15) is 15.2 Å². The highest BCUT2D eigenvalue weighted by Crippen LogP contribution is 2.42. The van der Waals surface area contributed by atoms with E-state index in [0.29, 0.717) is 26.4 Å². The van der Waals surface area contributed by atoms with Crippen molar-refractivity contribution in [1.29, 1.82) is 5.26 Å². The van der Waals surface area contributed by atoms with Crippen LogP contribution in [-0.4, -0.2) is 16.2 Å². The average molecular weight is 427 g/mol. The van der Waals surface area contributed by atoms with E-state index < -0.39 is 5.91 Å². The van der Waals surface area contributed by atoms with Crippen molar-refractivity contribution in [2.45, 2.75) is 0 Å². The number of nitrogen functional groups attached to an aromatic ring is 2. The Morgan fingerprint density at radius 3 is 2.69 bits per heavy atom. The van der Waals surface area contributed by atoms with Gasteiger partial charge in [0.2, 0.25) is 0 Å². The maximum Gasteiger partial charge on any atom is 0.302 e. The highest BCUT2D eigenvalue weighted by Gasteiger charge is 2.25. The largest absolute Gasteiger partial charge is 0.397 e. The molecule has 0 aliphatic rings. The smallest absolute Gasteiger partial charge is 0.302 e. The van der Waals surface area contributed by atoms with Crippen molar-refractivity contribution in [2.75, 3.05) is 16.8 Å². The number of amides is 1. The van der Waals surface area contributed by atoms with Gasteiger partial charge in [-0.1, -0.05) is 28.4 Å². The van der Waals surface area contributed by atoms with E-state index in [-0.39, 0.29) is 27.8 Å². The minimum atomic E-state index is -0.485. The predicted molar refractivity (Wildman–Crippen MR) is 109 cm³/mol. The van der Waals surface area contributed by atoms with Crippen LogP contribution in [0.25, 0.3) is 21.3 Å². The first-order valence-corrected chi connectivity index (χ1v) is 9.40. The number of hydrogen-bond acceptors (Lipinski definition) is 8. The van der Waals surface area contributed by atoms with Crippen LogP contribution in [0.3, 0.4) is 0 Å². The number of thiophene rings is 1. The van der Waals surface area contributed by atoms with Gasteiger partial charge >= 0.3 is 5.88 Å². The van der Waals surface area contributed by atoms with Gasteiger partial charge in [-0.2, -0.15) is 5.26 Å². The number of nitrogens with two attached hydrogens (primary N) is 2. The number of hydrogen-bond donors (Lipinski definition) is 3. The maximum absolute atomic E-state index is 12.7. The maximum atomic E-state index is 12.7. The zero-order valence-electron chi connectivity index (χ0n) is 14.9. The van der Waals surface area contributed by atoms with Crippen LogP contribution in [0.15, 0.2) is 35.0 Å². The van der Waals surface area contributed by atoms with Crippen molar-refractivity contribution >= 4 is 56.5 Å². The number of aryl methyl sites for hydroxylation is 1. The summed E-state index contributed by atoms with van der Waals surface area (Å²) in [6, 6.07) is 8.97. The summed E-state index contributed by atoms with van der Waals surface area (Å²) in [5.41, 5.74) is 13.9. The van der Waals surface area contributed by atoms with E-state index in [9.17, 15) is 10.1 Å². The number of carbonyl (C=O) groups is 1. The van der Waals surface area contributed by atoms with E-state index in [4.69, 9.17) is 27.6 Å². The Bertz CT molecular complexity index is 1300. The fourth-order valence-electron chi connectivity index (χ4n) is 2.91. The number of benzene rings is 1. The molecule has 0 fully saturated rings. The number of pyridine rings is 1. The van der Waals surface area contributed by atoms with E-state index in [1.165, 1.54) is 10.9 Å². The van der Waals surface area contributed by atoms with Crippen LogP contribution in [0.2, 0.25) is 5.02 Å². The monoisotopic (exact) mass is 426 g/mol. The van der Waals surface area contributed by atoms with Gasteiger partial charge in [0, 0.05) is 16.0 Å². The molecule has 0 spiro atoms. The molecule has 3 aromatic heterocycles. The van der Waals surface area contributed by atoms with Crippen LogP contribution in [0.4, 0.5) is 17.4 Å². The lowest BCUT2D eigenvalue weighted by Gasteiger charge is -2.09. The number of fused-ring (bicyclic) bond motifs is 1. The first kappa shape index (κ1) is 18.7. The lowest BCUT2D eigenvalue weighted by atomic mass is 9.97. The van der Waals surface area contributed by atoms with Crippen LogP contribution < -0.4 is 21.5 Å². The third-order valence-corrected chi connectivity index (χ3v) is 5.51. The molecule has 0 atom stereocenters. The summed E-state index contributed by atoms with van der Waals surface area (Å²) >= 11 is 7.06. The molecule has 0 aliphatic carbocycles. The molecule has 4 rings (SSSR count). The van der Waals surface area contributed by atoms with Crippen molar-refractivity contribution in [2.24, 2.45) is 7.05 Å². The molecule has 1 aromatic carbocycles. The third kappa shape index (κ3) is 3.22. The second-order valence-corrected chi connectivity index (χ2v) is 7.52. The Balaban J connectivity index is 1.91. The van der Waals surface area contributed by atoms with Crippen LogP contribution in [0, 0.1) is 11.3 Å². The van der Waals surface area contributed by atoms with Crippen molar-refractivity contribution in [3.8, 4) is 17.2 Å². The molecule has 1 amide bonds. The van der Waals surface area contributed by atoms with Gasteiger partial charge in [0.05, 0.1) is 5.69 Å². The van der Waals surface area contributed by atoms with Crippen molar-refractivity contribution in [3.63, 3.8) is 0 Å². The third-order valence-electron chi connectivity index (χ3n) is 4.16. The fraction of sp³-hybridized carbons (Fsp3) is 0.0556. The topological polar surface area (TPSA) is 148 Å². The van der Waals surface area contributed by atoms with E-state index in [1.54, 1.807) is 31.3 Å². The number of nitrogens with zero attached hydrogens (tertiary/aromatic N) is 4. The Hall–Kier alpha value is -3.68. The minimum Gasteiger partial charge on any atom is -0.397 e. The SMILES string of the molecule is C[n+]1cc(NC(=O)c2sc3nc(N)c(C#N)c(-c4ccc(Cl)cc4)c3c2N)on1. The van der Waals surface area contributed by atoms with Gasteiger partial charge < -0.3 is 11.5 Å². The van der Waals surface area contributed by atoms with Crippen molar-refractivity contribution in [3.05, 3.63) is 45.9 Å². The molecule has 0 saturated carbocycles. The lowest BCUT2D eigenvalue weighted by molar-refractivity contribution is -0.739. The molecule has 144 valence electrons. The molecule has 9 nitrogen and oxygen atoms in total. The Kier molecular flexibility index (Phi) is 4.54. The summed E-state index contributed by atoms with van der Waals surface area (Å²) < 4.78 is 6.39. The van der Waals surface area contributed by atoms with Crippen LogP contribution >= 0.6 is 22.9 Å². The lowest BCUT2D eigenvalue weighted by Crippen LogP contribution is -2.28. The predicted octanol–water partition coefficient (Wildman–Crippen LogP) is 2.72. The number of anilines is 3. The second kappa shape index (κ2) is 7.05. The van der Waals surface area contributed by atoms with Gasteiger partial charge in [0.15, 0.2) is 12.3 Å². The summed E-state index contributed by atoms with van der Waals surface area (Å²) in [4.78, 5) is 17.7. The Morgan fingerprint density at radius 1 is 1.34 bits per heavy atom. The molecule has 11 heteroatoms. The number of aromatic nitrogens is 3. The molecular formula is C18H13ClN7O2S+. The first-order chi connectivity index (χ1) is 13.9. The summed E-state index contributed by atoms with van der Waals surface area (Å²) in [6.07, 6.45) is 1.50. The molecule has 4 aromatic rings. The summed E-state index contributed by atoms with van der Waals surface area (Å²) in [5.74, 6) is -0.265. The molecule has 0 aliphatic heterocycles. The number of rotatable bonds is 3. The number of carbonyl (C=O) groups excluding carboxylic acids is 1. The molecule has 0 saturated heterocycles.